The number of thiophene rings is 1. The topological polar surface area (TPSA) is 91.7 Å². The van der Waals surface area contributed by atoms with Gasteiger partial charge in [0.2, 0.25) is 0 Å². The third-order valence-electron chi connectivity index (χ3n) is 2.25. The quantitative estimate of drug-likeness (QED) is 0.647. The number of rotatable bonds is 2. The molecule has 0 atom stereocenters. The minimum absolute atomic E-state index is 0. The van der Waals surface area contributed by atoms with Crippen LogP contribution in [0.4, 0.5) is 0 Å². The number of aromatic carboxylic acids is 1. The van der Waals surface area contributed by atoms with E-state index in [9.17, 15) is 13.2 Å². The molecule has 5 nitrogen and oxygen atoms in total. The van der Waals surface area contributed by atoms with E-state index in [1.807, 2.05) is 6.92 Å². The van der Waals surface area contributed by atoms with E-state index in [-0.39, 0.29) is 39.8 Å². The number of carboxylic acids is 1. The Morgan fingerprint density at radius 1 is 1.33 bits per heavy atom. The van der Waals surface area contributed by atoms with Gasteiger partial charge in [0.15, 0.2) is 0 Å². The van der Waals surface area contributed by atoms with Gasteiger partial charge >= 0.3 is 35.5 Å². The van der Waals surface area contributed by atoms with E-state index >= 15 is 0 Å². The van der Waals surface area contributed by atoms with Gasteiger partial charge in [-0.2, -0.15) is 8.42 Å². The van der Waals surface area contributed by atoms with Gasteiger partial charge in [0.1, 0.15) is 9.77 Å². The van der Waals surface area contributed by atoms with Gasteiger partial charge in [-0.15, -0.1) is 11.3 Å². The molecule has 1 aromatic heterocycles. The van der Waals surface area contributed by atoms with Gasteiger partial charge in [-0.1, -0.05) is 12.1 Å². The summed E-state index contributed by atoms with van der Waals surface area (Å²) in [6.07, 6.45) is 0. The van der Waals surface area contributed by atoms with Gasteiger partial charge in [-0.05, 0) is 18.6 Å². The second-order valence-corrected chi connectivity index (χ2v) is 5.95. The molecule has 0 aliphatic heterocycles. The van der Waals surface area contributed by atoms with Crippen molar-refractivity contribution in [3.8, 4) is 0 Å². The summed E-state index contributed by atoms with van der Waals surface area (Å²) in [7, 11) is -4.55. The van der Waals surface area contributed by atoms with Crippen LogP contribution in [0.1, 0.15) is 15.2 Å². The van der Waals surface area contributed by atoms with Crippen LogP contribution in [0.3, 0.4) is 0 Å². The molecule has 2 rings (SSSR count). The van der Waals surface area contributed by atoms with Gasteiger partial charge in [0.05, 0.1) is 0 Å². The maximum absolute atomic E-state index is 11.2. The molecule has 18 heavy (non-hydrogen) atoms. The van der Waals surface area contributed by atoms with Gasteiger partial charge in [-0.3, -0.25) is 4.55 Å². The first-order valence-corrected chi connectivity index (χ1v) is 6.80. The molecule has 2 aromatic rings. The van der Waals surface area contributed by atoms with Crippen molar-refractivity contribution in [2.75, 3.05) is 0 Å². The molecule has 0 aliphatic carbocycles. The number of fused-ring (bicyclic) bond motifs is 1. The molecule has 92 valence electrons. The third kappa shape index (κ3) is 2.76. The molecule has 0 unspecified atom stereocenters. The average molecular weight is 296 g/mol. The van der Waals surface area contributed by atoms with Crippen LogP contribution >= 0.6 is 11.3 Å². The van der Waals surface area contributed by atoms with E-state index in [1.165, 1.54) is 6.07 Å². The first-order chi connectivity index (χ1) is 7.80. The average Bonchev–Trinajstić information content (AvgIpc) is 2.55. The SMILES string of the molecule is Cc1ccc2c(S(=O)(=O)O)c(C(=O)O)sc2c1.[NaH]. The molecule has 0 aliphatic rings. The number of hydrogen-bond donors (Lipinski definition) is 2. The predicted octanol–water partition coefficient (Wildman–Crippen LogP) is 1.51. The fourth-order valence-corrected chi connectivity index (χ4v) is 3.89. The Bertz CT molecular complexity index is 717. The van der Waals surface area contributed by atoms with Gasteiger partial charge in [0, 0.05) is 10.1 Å². The van der Waals surface area contributed by atoms with Crippen molar-refractivity contribution in [3.63, 3.8) is 0 Å². The van der Waals surface area contributed by atoms with Crippen LogP contribution in [0, 0.1) is 6.92 Å². The van der Waals surface area contributed by atoms with Gasteiger partial charge < -0.3 is 5.11 Å². The van der Waals surface area contributed by atoms with Crippen molar-refractivity contribution < 1.29 is 22.9 Å². The molecule has 0 saturated carbocycles. The van der Waals surface area contributed by atoms with E-state index < -0.39 is 21.0 Å². The number of carbonyl (C=O) groups is 1. The normalized spacial score (nSPS) is 11.2. The molecule has 0 spiro atoms. The molecule has 0 fully saturated rings. The standard InChI is InChI=1S/C10H8O5S2.Na.H/c1-5-2-3-6-7(4-5)16-8(10(11)12)9(6)17(13,14)15;;/h2-4H,1H3,(H,11,12)(H,13,14,15);;. The minimum atomic E-state index is -4.55. The number of carboxylic acid groups (broad SMARTS) is 1. The van der Waals surface area contributed by atoms with Gasteiger partial charge in [-0.25, -0.2) is 4.79 Å². The summed E-state index contributed by atoms with van der Waals surface area (Å²) in [5.41, 5.74) is 0.887. The van der Waals surface area contributed by atoms with E-state index in [1.54, 1.807) is 12.1 Å². The van der Waals surface area contributed by atoms with Crippen molar-refractivity contribution in [2.24, 2.45) is 0 Å². The molecule has 0 amide bonds. The van der Waals surface area contributed by atoms with Crippen molar-refractivity contribution in [3.05, 3.63) is 28.6 Å². The Balaban J connectivity index is 0.00000162. The predicted molar refractivity (Wildman–Crippen MR) is 70.5 cm³/mol. The zero-order chi connectivity index (χ0) is 12.8. The molecule has 0 radical (unpaired) electrons. The number of aryl methyl sites for hydroxylation is 1. The van der Waals surface area contributed by atoms with Crippen LogP contribution in [0.5, 0.6) is 0 Å². The molecular formula is C10H9NaO5S2. The monoisotopic (exact) mass is 296 g/mol. The molecular weight excluding hydrogens is 287 g/mol. The van der Waals surface area contributed by atoms with Crippen molar-refractivity contribution in [1.29, 1.82) is 0 Å². The zero-order valence-electron chi connectivity index (χ0n) is 8.67. The van der Waals surface area contributed by atoms with Gasteiger partial charge in [0.25, 0.3) is 10.1 Å². The summed E-state index contributed by atoms with van der Waals surface area (Å²) in [5, 5.41) is 9.17. The summed E-state index contributed by atoms with van der Waals surface area (Å²) in [6.45, 7) is 1.81. The fourth-order valence-electron chi connectivity index (χ4n) is 1.58. The van der Waals surface area contributed by atoms with Crippen LogP contribution < -0.4 is 0 Å². The molecule has 2 N–H and O–H groups in total. The second-order valence-electron chi connectivity index (χ2n) is 3.54. The van der Waals surface area contributed by atoms with Crippen LogP contribution in [-0.4, -0.2) is 53.6 Å². The van der Waals surface area contributed by atoms with Crippen molar-refractivity contribution >= 4 is 67.1 Å². The van der Waals surface area contributed by atoms with Crippen LogP contribution in [0.15, 0.2) is 23.1 Å². The first-order valence-electron chi connectivity index (χ1n) is 4.54. The summed E-state index contributed by atoms with van der Waals surface area (Å²) >= 11 is 0.834. The first kappa shape index (κ1) is 15.6. The van der Waals surface area contributed by atoms with E-state index in [0.29, 0.717) is 4.70 Å². The second kappa shape index (κ2) is 5.28. The van der Waals surface area contributed by atoms with E-state index in [2.05, 4.69) is 0 Å². The summed E-state index contributed by atoms with van der Waals surface area (Å²) in [6, 6.07) is 4.84. The Morgan fingerprint density at radius 3 is 2.44 bits per heavy atom. The van der Waals surface area contributed by atoms with E-state index in [4.69, 9.17) is 9.66 Å². The summed E-state index contributed by atoms with van der Waals surface area (Å²) < 4.78 is 32.0. The molecule has 1 heterocycles. The Kier molecular flexibility index (Phi) is 4.58. The number of hydrogen-bond acceptors (Lipinski definition) is 4. The maximum atomic E-state index is 11.2. The van der Waals surface area contributed by atoms with Crippen LogP contribution in [0.25, 0.3) is 10.1 Å². The fraction of sp³-hybridized carbons (Fsp3) is 0.100. The molecule has 0 bridgehead atoms. The molecule has 1 aromatic carbocycles. The Morgan fingerprint density at radius 2 is 1.94 bits per heavy atom. The molecule has 8 heteroatoms. The van der Waals surface area contributed by atoms with Crippen molar-refractivity contribution in [2.45, 2.75) is 11.8 Å². The van der Waals surface area contributed by atoms with Crippen LogP contribution in [0.2, 0.25) is 0 Å². The van der Waals surface area contributed by atoms with Crippen molar-refractivity contribution in [1.82, 2.24) is 0 Å². The zero-order valence-corrected chi connectivity index (χ0v) is 10.3. The van der Waals surface area contributed by atoms with Crippen LogP contribution in [-0.2, 0) is 10.1 Å². The van der Waals surface area contributed by atoms with E-state index in [0.717, 1.165) is 16.9 Å². The summed E-state index contributed by atoms with van der Waals surface area (Å²) in [4.78, 5) is 10.1. The molecule has 0 saturated heterocycles. The third-order valence-corrected chi connectivity index (χ3v) is 4.46. The Hall–Kier alpha value is -0.440. The Labute approximate surface area is 129 Å². The summed E-state index contributed by atoms with van der Waals surface area (Å²) in [5.74, 6) is -1.36. The number of benzene rings is 1.